The maximum absolute atomic E-state index is 13.4. The number of nitrogens with zero attached hydrogens (tertiary/aromatic N) is 2. The van der Waals surface area contributed by atoms with E-state index in [0.29, 0.717) is 18.0 Å². The fourth-order valence-electron chi connectivity index (χ4n) is 4.71. The lowest BCUT2D eigenvalue weighted by atomic mass is 9.95. The zero-order valence-corrected chi connectivity index (χ0v) is 21.4. The summed E-state index contributed by atoms with van der Waals surface area (Å²) in [6.45, 7) is 1.43. The van der Waals surface area contributed by atoms with E-state index in [-0.39, 0.29) is 25.4 Å². The third-order valence-corrected chi connectivity index (χ3v) is 6.70. The average molecular weight is 549 g/mol. The first-order valence-corrected chi connectivity index (χ1v) is 12.5. The molecule has 1 saturated heterocycles. The number of nitrogens with one attached hydrogen (secondary N) is 2. The van der Waals surface area contributed by atoms with Crippen LogP contribution < -0.4 is 10.6 Å². The molecule has 0 aliphatic carbocycles. The van der Waals surface area contributed by atoms with Gasteiger partial charge in [0.2, 0.25) is 11.8 Å². The quantitative estimate of drug-likeness (QED) is 0.393. The lowest BCUT2D eigenvalue weighted by Gasteiger charge is -2.41. The number of piperidine rings is 1. The van der Waals surface area contributed by atoms with Crippen molar-refractivity contribution in [3.05, 3.63) is 60.2 Å². The summed E-state index contributed by atoms with van der Waals surface area (Å²) in [7, 11) is 0. The van der Waals surface area contributed by atoms with Gasteiger partial charge in [-0.2, -0.15) is 13.2 Å². The predicted octanol–water partition coefficient (Wildman–Crippen LogP) is 2.63. The Morgan fingerprint density at radius 2 is 1.72 bits per heavy atom. The van der Waals surface area contributed by atoms with Gasteiger partial charge in [0.1, 0.15) is 6.54 Å². The van der Waals surface area contributed by atoms with Crippen LogP contribution in [0, 0.1) is 0 Å². The Balaban J connectivity index is 1.60. The van der Waals surface area contributed by atoms with Crippen molar-refractivity contribution < 1.29 is 37.5 Å². The first kappa shape index (κ1) is 29.6. The molecule has 2 aromatic carbocycles. The molecule has 1 heterocycles. The van der Waals surface area contributed by atoms with Crippen LogP contribution in [0.2, 0.25) is 0 Å². The molecule has 1 aliphatic rings. The van der Waals surface area contributed by atoms with Crippen molar-refractivity contribution in [1.29, 1.82) is 0 Å². The molecule has 0 saturated carbocycles. The zero-order chi connectivity index (χ0) is 28.6. The van der Waals surface area contributed by atoms with Crippen molar-refractivity contribution in [3.63, 3.8) is 0 Å². The summed E-state index contributed by atoms with van der Waals surface area (Å²) in [4.78, 5) is 49.5. The van der Waals surface area contributed by atoms with Gasteiger partial charge >= 0.3 is 18.1 Å². The van der Waals surface area contributed by atoms with Crippen molar-refractivity contribution in [2.24, 2.45) is 0 Å². The summed E-state index contributed by atoms with van der Waals surface area (Å²) in [6.07, 6.45) is -2.64. The lowest BCUT2D eigenvalue weighted by molar-refractivity contribution is -0.189. The van der Waals surface area contributed by atoms with Crippen LogP contribution in [0.4, 0.5) is 13.2 Å². The molecule has 0 aromatic heterocycles. The van der Waals surface area contributed by atoms with Gasteiger partial charge in [0.25, 0.3) is 0 Å². The molecular formula is C27H31F3N4O5. The van der Waals surface area contributed by atoms with E-state index in [1.807, 2.05) is 49.4 Å². The van der Waals surface area contributed by atoms with Crippen molar-refractivity contribution in [3.8, 4) is 0 Å². The fourth-order valence-corrected chi connectivity index (χ4v) is 4.71. The number of carbonyl (C=O) groups is 4. The van der Waals surface area contributed by atoms with Crippen LogP contribution in [0.3, 0.4) is 0 Å². The monoisotopic (exact) mass is 548 g/mol. The van der Waals surface area contributed by atoms with Crippen LogP contribution in [-0.2, 0) is 19.2 Å². The number of carbonyl (C=O) groups excluding carboxylic acids is 3. The highest BCUT2D eigenvalue weighted by atomic mass is 19.4. The van der Waals surface area contributed by atoms with Crippen molar-refractivity contribution in [2.75, 3.05) is 32.7 Å². The number of fused-ring (bicyclic) bond motifs is 1. The molecule has 3 N–H and O–H groups in total. The third kappa shape index (κ3) is 8.28. The van der Waals surface area contributed by atoms with E-state index in [0.717, 1.165) is 22.4 Å². The van der Waals surface area contributed by atoms with Gasteiger partial charge in [0.05, 0.1) is 6.54 Å². The number of alkyl halides is 3. The molecule has 12 heteroatoms. The SMILES string of the molecule is C[C@H](c1cccc2ccccc12)N1CCC(N(CC(=O)NCC(=O)NC/C=C/C(=O)O)C(=O)C(F)(F)F)CC1. The predicted molar refractivity (Wildman–Crippen MR) is 138 cm³/mol. The topological polar surface area (TPSA) is 119 Å². The first-order valence-electron chi connectivity index (χ1n) is 12.5. The minimum Gasteiger partial charge on any atom is -0.478 e. The number of hydrogen-bond donors (Lipinski definition) is 3. The van der Waals surface area contributed by atoms with E-state index in [1.165, 1.54) is 6.08 Å². The normalized spacial score (nSPS) is 15.7. The molecule has 0 unspecified atom stereocenters. The molecule has 0 bridgehead atoms. The Morgan fingerprint density at radius 1 is 1.05 bits per heavy atom. The molecule has 3 amide bonds. The number of aliphatic carboxylic acids is 1. The number of amides is 3. The summed E-state index contributed by atoms with van der Waals surface area (Å²) in [5.74, 6) is -4.86. The summed E-state index contributed by atoms with van der Waals surface area (Å²) in [5, 5.41) is 15.2. The van der Waals surface area contributed by atoms with Gasteiger partial charge in [-0.3, -0.25) is 19.3 Å². The van der Waals surface area contributed by atoms with Crippen LogP contribution in [0.25, 0.3) is 10.8 Å². The van der Waals surface area contributed by atoms with E-state index >= 15 is 0 Å². The second kappa shape index (κ2) is 13.2. The molecule has 1 aliphatic heterocycles. The van der Waals surface area contributed by atoms with Crippen LogP contribution in [0.15, 0.2) is 54.6 Å². The highest BCUT2D eigenvalue weighted by Crippen LogP contribution is 2.31. The van der Waals surface area contributed by atoms with Gasteiger partial charge in [-0.25, -0.2) is 4.79 Å². The molecular weight excluding hydrogens is 517 g/mol. The largest absolute Gasteiger partial charge is 0.478 e. The summed E-state index contributed by atoms with van der Waals surface area (Å²) < 4.78 is 40.1. The smallest absolute Gasteiger partial charge is 0.471 e. The van der Waals surface area contributed by atoms with E-state index in [2.05, 4.69) is 15.5 Å². The number of rotatable bonds is 10. The molecule has 0 radical (unpaired) electrons. The molecule has 1 atom stereocenters. The van der Waals surface area contributed by atoms with Gasteiger partial charge in [0.15, 0.2) is 0 Å². The molecule has 39 heavy (non-hydrogen) atoms. The standard InChI is InChI=1S/C27H31F3N4O5/c1-18(21-9-4-7-19-6-2-3-8-22(19)21)33-14-11-20(12-15-33)34(26(39)27(28,29)30)17-24(36)32-16-23(35)31-13-5-10-25(37)38/h2-10,18,20H,11-17H2,1H3,(H,31,35)(H,32,36)(H,37,38)/b10-5+/t18-/m1/s1. The third-order valence-electron chi connectivity index (χ3n) is 6.70. The number of halogens is 3. The second-order valence-electron chi connectivity index (χ2n) is 9.26. The number of hydrogen-bond acceptors (Lipinski definition) is 5. The number of carboxylic acids is 1. The van der Waals surface area contributed by atoms with E-state index in [1.54, 1.807) is 0 Å². The lowest BCUT2D eigenvalue weighted by Crippen LogP contribution is -2.54. The van der Waals surface area contributed by atoms with Gasteiger partial charge in [0, 0.05) is 37.8 Å². The van der Waals surface area contributed by atoms with Crippen molar-refractivity contribution >= 4 is 34.5 Å². The van der Waals surface area contributed by atoms with Crippen molar-refractivity contribution in [1.82, 2.24) is 20.4 Å². The summed E-state index contributed by atoms with van der Waals surface area (Å²) >= 11 is 0. The molecule has 3 rings (SSSR count). The van der Waals surface area contributed by atoms with Gasteiger partial charge in [-0.1, -0.05) is 48.5 Å². The summed E-state index contributed by atoms with van der Waals surface area (Å²) in [6, 6.07) is 13.2. The Kier molecular flexibility index (Phi) is 10.0. The molecule has 0 spiro atoms. The van der Waals surface area contributed by atoms with E-state index in [4.69, 9.17) is 5.11 Å². The Bertz CT molecular complexity index is 1220. The minimum absolute atomic E-state index is 0.00373. The summed E-state index contributed by atoms with van der Waals surface area (Å²) in [5.41, 5.74) is 1.10. The van der Waals surface area contributed by atoms with Crippen LogP contribution in [0.5, 0.6) is 0 Å². The molecule has 1 fully saturated rings. The molecule has 2 aromatic rings. The highest BCUT2D eigenvalue weighted by molar-refractivity contribution is 5.90. The van der Waals surface area contributed by atoms with Crippen LogP contribution >= 0.6 is 0 Å². The maximum Gasteiger partial charge on any atom is 0.471 e. The number of carboxylic acid groups (broad SMARTS) is 1. The van der Waals surface area contributed by atoms with Gasteiger partial charge in [-0.15, -0.1) is 0 Å². The number of benzene rings is 2. The minimum atomic E-state index is -5.15. The maximum atomic E-state index is 13.4. The Morgan fingerprint density at radius 3 is 2.38 bits per heavy atom. The van der Waals surface area contributed by atoms with Gasteiger partial charge < -0.3 is 20.6 Å². The second-order valence-corrected chi connectivity index (χ2v) is 9.26. The fraction of sp³-hybridized carbons (Fsp3) is 0.407. The Hall–Kier alpha value is -3.93. The van der Waals surface area contributed by atoms with Crippen molar-refractivity contribution in [2.45, 2.75) is 38.0 Å². The van der Waals surface area contributed by atoms with Gasteiger partial charge in [-0.05, 0) is 36.1 Å². The zero-order valence-electron chi connectivity index (χ0n) is 21.4. The highest BCUT2D eigenvalue weighted by Gasteiger charge is 2.45. The van der Waals surface area contributed by atoms with Crippen LogP contribution in [-0.4, -0.2) is 83.5 Å². The van der Waals surface area contributed by atoms with E-state index < -0.39 is 49.0 Å². The Labute approximate surface area is 223 Å². The van der Waals surface area contributed by atoms with E-state index in [9.17, 15) is 32.3 Å². The number of likely N-dealkylation sites (tertiary alicyclic amines) is 1. The molecule has 210 valence electrons. The molecule has 9 nitrogen and oxygen atoms in total. The average Bonchev–Trinajstić information content (AvgIpc) is 2.91. The van der Waals surface area contributed by atoms with Crippen LogP contribution in [0.1, 0.15) is 31.4 Å². The first-order chi connectivity index (χ1) is 18.5.